The highest BCUT2D eigenvalue weighted by Crippen LogP contribution is 2.72. The molecular formula is C12H8F10O. The van der Waals surface area contributed by atoms with E-state index in [4.69, 9.17) is 0 Å². The fourth-order valence-electron chi connectivity index (χ4n) is 3.73. The van der Waals surface area contributed by atoms with Gasteiger partial charge in [-0.05, 0) is 18.3 Å². The van der Waals surface area contributed by atoms with Crippen molar-refractivity contribution >= 4 is 0 Å². The van der Waals surface area contributed by atoms with Crippen LogP contribution in [0.4, 0.5) is 43.9 Å². The van der Waals surface area contributed by atoms with E-state index in [0.29, 0.717) is 0 Å². The summed E-state index contributed by atoms with van der Waals surface area (Å²) in [6.07, 6.45) is -10.7. The Morgan fingerprint density at radius 2 is 1.30 bits per heavy atom. The van der Waals surface area contributed by atoms with Gasteiger partial charge in [0.1, 0.15) is 0 Å². The SMILES string of the molecule is FC(F)(F)C(F)(F)C(F)(F)OC1(F)C2C([C@@H]3C=C[C@H]2C3)C1(F)F. The topological polar surface area (TPSA) is 9.23 Å². The molecule has 0 amide bonds. The molecule has 0 radical (unpaired) electrons. The molecule has 0 aromatic carbocycles. The molecule has 132 valence electrons. The quantitative estimate of drug-likeness (QED) is 0.532. The van der Waals surface area contributed by atoms with Crippen LogP contribution in [0.25, 0.3) is 0 Å². The third-order valence-electron chi connectivity index (χ3n) is 4.76. The summed E-state index contributed by atoms with van der Waals surface area (Å²) in [6, 6.07) is 0. The molecule has 0 aliphatic heterocycles. The standard InChI is InChI=1S/C12H8F10O/c13-8(14)6-4-1-2-5(3-4)7(6)9(8,15)23-12(21,22)10(16,17)11(18,19)20/h1-2,4-7H,3H2/t4-,5+,6?,7?,9?/m1/s1. The van der Waals surface area contributed by atoms with E-state index >= 15 is 0 Å². The molecule has 2 bridgehead atoms. The minimum absolute atomic E-state index is 0.0127. The van der Waals surface area contributed by atoms with E-state index in [1.165, 1.54) is 12.2 Å². The van der Waals surface area contributed by atoms with E-state index in [2.05, 4.69) is 4.74 Å². The zero-order valence-electron chi connectivity index (χ0n) is 10.9. The van der Waals surface area contributed by atoms with E-state index in [1.807, 2.05) is 0 Å². The van der Waals surface area contributed by atoms with Gasteiger partial charge in [-0.1, -0.05) is 12.2 Å². The molecule has 0 heterocycles. The van der Waals surface area contributed by atoms with Crippen LogP contribution < -0.4 is 0 Å². The smallest absolute Gasteiger partial charge is 0.271 e. The minimum atomic E-state index is -6.81. The summed E-state index contributed by atoms with van der Waals surface area (Å²) in [5.74, 6) is -21.4. The molecule has 5 atom stereocenters. The van der Waals surface area contributed by atoms with E-state index < -0.39 is 53.7 Å². The van der Waals surface area contributed by atoms with Crippen LogP contribution in [0.5, 0.6) is 0 Å². The lowest BCUT2D eigenvalue weighted by Gasteiger charge is -2.56. The van der Waals surface area contributed by atoms with Gasteiger partial charge in [-0.15, -0.1) is 0 Å². The summed E-state index contributed by atoms with van der Waals surface area (Å²) in [5, 5.41) is 0. The van der Waals surface area contributed by atoms with Crippen molar-refractivity contribution in [3.05, 3.63) is 12.2 Å². The Bertz CT molecular complexity index is 553. The second-order valence-corrected chi connectivity index (χ2v) is 5.96. The number of allylic oxidation sites excluding steroid dienone is 2. The summed E-state index contributed by atoms with van der Waals surface area (Å²) >= 11 is 0. The monoisotopic (exact) mass is 358 g/mol. The van der Waals surface area contributed by atoms with E-state index in [0.717, 1.165) is 0 Å². The van der Waals surface area contributed by atoms with Crippen molar-refractivity contribution in [2.45, 2.75) is 36.4 Å². The number of fused-ring (bicyclic) bond motifs is 5. The molecule has 1 nitrogen and oxygen atoms in total. The van der Waals surface area contributed by atoms with Gasteiger partial charge in [-0.3, -0.25) is 4.74 Å². The second-order valence-electron chi connectivity index (χ2n) is 5.96. The van der Waals surface area contributed by atoms with Crippen LogP contribution in [0.1, 0.15) is 6.42 Å². The summed E-state index contributed by atoms with van der Waals surface area (Å²) < 4.78 is 133. The van der Waals surface area contributed by atoms with Gasteiger partial charge in [0.25, 0.3) is 5.85 Å². The van der Waals surface area contributed by atoms with Crippen molar-refractivity contribution in [2.24, 2.45) is 23.7 Å². The van der Waals surface area contributed by atoms with Gasteiger partial charge in [0.15, 0.2) is 0 Å². The Morgan fingerprint density at radius 3 is 1.78 bits per heavy atom. The number of hydrogen-bond acceptors (Lipinski definition) is 1. The second kappa shape index (κ2) is 4.15. The fourth-order valence-corrected chi connectivity index (χ4v) is 3.73. The lowest BCUT2D eigenvalue weighted by molar-refractivity contribution is -0.511. The van der Waals surface area contributed by atoms with Gasteiger partial charge in [0.2, 0.25) is 0 Å². The summed E-state index contributed by atoms with van der Waals surface area (Å²) in [7, 11) is 0. The van der Waals surface area contributed by atoms with Crippen LogP contribution in [0.2, 0.25) is 0 Å². The third kappa shape index (κ3) is 1.79. The molecule has 3 aliphatic rings. The van der Waals surface area contributed by atoms with Gasteiger partial charge >= 0.3 is 24.1 Å². The van der Waals surface area contributed by atoms with Crippen molar-refractivity contribution in [3.8, 4) is 0 Å². The predicted molar refractivity (Wildman–Crippen MR) is 53.5 cm³/mol. The van der Waals surface area contributed by atoms with Crippen molar-refractivity contribution in [1.82, 2.24) is 0 Å². The number of halogens is 10. The molecule has 3 unspecified atom stereocenters. The summed E-state index contributed by atoms with van der Waals surface area (Å²) in [5.41, 5.74) is 0. The molecule has 0 N–H and O–H groups in total. The predicted octanol–water partition coefficient (Wildman–Crippen LogP) is 4.55. The maximum absolute atomic E-state index is 14.3. The van der Waals surface area contributed by atoms with Crippen LogP contribution in [0.3, 0.4) is 0 Å². The first-order chi connectivity index (χ1) is 10.2. The number of ether oxygens (including phenoxy) is 1. The highest BCUT2D eigenvalue weighted by molar-refractivity contribution is 5.28. The molecule has 11 heteroatoms. The highest BCUT2D eigenvalue weighted by atomic mass is 19.4. The Kier molecular flexibility index (Phi) is 3.04. The molecule has 3 aliphatic carbocycles. The van der Waals surface area contributed by atoms with E-state index in [9.17, 15) is 43.9 Å². The van der Waals surface area contributed by atoms with Crippen LogP contribution in [0.15, 0.2) is 12.2 Å². The lowest BCUT2D eigenvalue weighted by Crippen LogP contribution is -2.74. The van der Waals surface area contributed by atoms with Crippen molar-refractivity contribution in [1.29, 1.82) is 0 Å². The fraction of sp³-hybridized carbons (Fsp3) is 0.833. The summed E-state index contributed by atoms with van der Waals surface area (Å²) in [6.45, 7) is 0. The number of rotatable bonds is 3. The van der Waals surface area contributed by atoms with Crippen LogP contribution in [-0.4, -0.2) is 30.0 Å². The van der Waals surface area contributed by atoms with E-state index in [-0.39, 0.29) is 6.42 Å². The maximum atomic E-state index is 14.3. The third-order valence-corrected chi connectivity index (χ3v) is 4.76. The Morgan fingerprint density at radius 1 is 0.826 bits per heavy atom. The number of hydrogen-bond donors (Lipinski definition) is 0. The van der Waals surface area contributed by atoms with Crippen molar-refractivity contribution in [2.75, 3.05) is 0 Å². The first-order valence-electron chi connectivity index (χ1n) is 6.44. The number of alkyl halides is 10. The van der Waals surface area contributed by atoms with Crippen LogP contribution in [-0.2, 0) is 4.74 Å². The Hall–Kier alpha value is -1.00. The summed E-state index contributed by atoms with van der Waals surface area (Å²) in [4.78, 5) is 0. The highest BCUT2D eigenvalue weighted by Gasteiger charge is 2.87. The Balaban J connectivity index is 1.92. The molecule has 0 aromatic rings. The van der Waals surface area contributed by atoms with Gasteiger partial charge < -0.3 is 0 Å². The first-order valence-corrected chi connectivity index (χ1v) is 6.44. The molecule has 0 saturated heterocycles. The largest absolute Gasteiger partial charge is 0.462 e. The van der Waals surface area contributed by atoms with Crippen LogP contribution in [0, 0.1) is 23.7 Å². The molecule has 2 fully saturated rings. The van der Waals surface area contributed by atoms with Crippen LogP contribution >= 0.6 is 0 Å². The minimum Gasteiger partial charge on any atom is -0.271 e. The normalized spacial score (nSPS) is 41.8. The Labute approximate surface area is 122 Å². The van der Waals surface area contributed by atoms with E-state index in [1.54, 1.807) is 0 Å². The molecule has 3 rings (SSSR count). The average molecular weight is 358 g/mol. The molecular weight excluding hydrogens is 350 g/mol. The molecule has 0 aromatic heterocycles. The zero-order valence-corrected chi connectivity index (χ0v) is 10.9. The zero-order chi connectivity index (χ0) is 17.6. The molecule has 0 spiro atoms. The molecule has 2 saturated carbocycles. The van der Waals surface area contributed by atoms with Crippen molar-refractivity contribution in [3.63, 3.8) is 0 Å². The molecule has 23 heavy (non-hydrogen) atoms. The van der Waals surface area contributed by atoms with Gasteiger partial charge in [-0.2, -0.15) is 39.5 Å². The first kappa shape index (κ1) is 16.8. The average Bonchev–Trinajstić information content (AvgIpc) is 2.95. The van der Waals surface area contributed by atoms with Gasteiger partial charge in [0.05, 0.1) is 0 Å². The van der Waals surface area contributed by atoms with Gasteiger partial charge in [0, 0.05) is 11.8 Å². The van der Waals surface area contributed by atoms with Gasteiger partial charge in [-0.25, -0.2) is 4.39 Å². The van der Waals surface area contributed by atoms with Crippen molar-refractivity contribution < 1.29 is 48.6 Å². The maximum Gasteiger partial charge on any atom is 0.462 e. The lowest BCUT2D eigenvalue weighted by atomic mass is 9.60.